The lowest BCUT2D eigenvalue weighted by Crippen LogP contribution is -2.29. The van der Waals surface area contributed by atoms with Crippen LogP contribution in [0.15, 0.2) is 24.4 Å². The average Bonchev–Trinajstić information content (AvgIpc) is 2.18. The van der Waals surface area contributed by atoms with E-state index < -0.39 is 11.6 Å². The fraction of sp³-hybridized carbons (Fsp3) is 0.333. The van der Waals surface area contributed by atoms with Crippen LogP contribution in [0.3, 0.4) is 0 Å². The summed E-state index contributed by atoms with van der Waals surface area (Å²) in [5.74, 6) is -0.939. The van der Waals surface area contributed by atoms with E-state index in [-0.39, 0.29) is 5.69 Å². The molecule has 0 fully saturated rings. The van der Waals surface area contributed by atoms with E-state index in [1.165, 1.54) is 12.3 Å². The van der Waals surface area contributed by atoms with E-state index >= 15 is 0 Å². The number of hydrogen-bond acceptors (Lipinski definition) is 3. The minimum Gasteiger partial charge on any atom is -0.466 e. The summed E-state index contributed by atoms with van der Waals surface area (Å²) in [4.78, 5) is 14.7. The van der Waals surface area contributed by atoms with Crippen molar-refractivity contribution in [2.45, 2.75) is 12.6 Å². The first-order chi connectivity index (χ1) is 6.09. The lowest BCUT2D eigenvalue weighted by molar-refractivity contribution is -0.154. The summed E-state index contributed by atoms with van der Waals surface area (Å²) in [6, 6.07) is 4.71. The molecule has 0 aliphatic heterocycles. The summed E-state index contributed by atoms with van der Waals surface area (Å²) in [5.41, 5.74) is -2.11. The fourth-order valence-electron chi connectivity index (χ4n) is 0.937. The molecule has 0 N–H and O–H groups in total. The van der Waals surface area contributed by atoms with Gasteiger partial charge in [0.2, 0.25) is 5.67 Å². The molecular formula is C9H10FNO2. The zero-order valence-electron chi connectivity index (χ0n) is 7.45. The third-order valence-corrected chi connectivity index (χ3v) is 1.71. The van der Waals surface area contributed by atoms with Crippen molar-refractivity contribution in [3.63, 3.8) is 0 Å². The van der Waals surface area contributed by atoms with E-state index in [9.17, 15) is 9.18 Å². The first-order valence-electron chi connectivity index (χ1n) is 3.78. The lowest BCUT2D eigenvalue weighted by Gasteiger charge is -2.15. The van der Waals surface area contributed by atoms with Crippen LogP contribution in [0.25, 0.3) is 0 Å². The van der Waals surface area contributed by atoms with Crippen LogP contribution in [0.1, 0.15) is 12.6 Å². The molecule has 0 saturated heterocycles. The third kappa shape index (κ3) is 1.83. The Hall–Kier alpha value is -1.45. The number of hydrogen-bond donors (Lipinski definition) is 0. The van der Waals surface area contributed by atoms with Gasteiger partial charge in [0.15, 0.2) is 0 Å². The number of aromatic nitrogens is 1. The van der Waals surface area contributed by atoms with Crippen molar-refractivity contribution in [3.8, 4) is 0 Å². The first kappa shape index (κ1) is 9.64. The lowest BCUT2D eigenvalue weighted by atomic mass is 10.0. The highest BCUT2D eigenvalue weighted by Crippen LogP contribution is 2.24. The highest BCUT2D eigenvalue weighted by atomic mass is 19.1. The molecule has 0 amide bonds. The fourth-order valence-corrected chi connectivity index (χ4v) is 0.937. The maximum atomic E-state index is 13.7. The second-order valence-electron chi connectivity index (χ2n) is 2.71. The van der Waals surface area contributed by atoms with Gasteiger partial charge >= 0.3 is 5.97 Å². The van der Waals surface area contributed by atoms with E-state index in [1.54, 1.807) is 12.1 Å². The van der Waals surface area contributed by atoms with Crippen molar-refractivity contribution < 1.29 is 13.9 Å². The highest BCUT2D eigenvalue weighted by Gasteiger charge is 2.37. The number of esters is 1. The smallest absolute Gasteiger partial charge is 0.349 e. The maximum Gasteiger partial charge on any atom is 0.349 e. The molecule has 0 aromatic carbocycles. The van der Waals surface area contributed by atoms with Crippen molar-refractivity contribution in [2.75, 3.05) is 7.11 Å². The largest absolute Gasteiger partial charge is 0.466 e. The van der Waals surface area contributed by atoms with Gasteiger partial charge in [0.1, 0.15) is 0 Å². The number of halogens is 1. The molecule has 1 rings (SSSR count). The summed E-state index contributed by atoms with van der Waals surface area (Å²) >= 11 is 0. The van der Waals surface area contributed by atoms with Gasteiger partial charge in [-0.1, -0.05) is 6.07 Å². The molecule has 70 valence electrons. The molecule has 0 spiro atoms. The van der Waals surface area contributed by atoms with Crippen LogP contribution in [-0.2, 0) is 15.2 Å². The van der Waals surface area contributed by atoms with E-state index in [2.05, 4.69) is 9.72 Å². The van der Waals surface area contributed by atoms with Gasteiger partial charge in [-0.3, -0.25) is 4.98 Å². The molecule has 13 heavy (non-hydrogen) atoms. The Bertz CT molecular complexity index is 298. The van der Waals surface area contributed by atoms with Crippen molar-refractivity contribution in [1.82, 2.24) is 4.98 Å². The Kier molecular flexibility index (Phi) is 2.60. The number of methoxy groups -OCH3 is 1. The zero-order valence-corrected chi connectivity index (χ0v) is 7.45. The van der Waals surface area contributed by atoms with Crippen LogP contribution in [0.5, 0.6) is 0 Å². The topological polar surface area (TPSA) is 39.2 Å². The summed E-state index contributed by atoms with van der Waals surface area (Å²) in [6.45, 7) is 1.13. The number of alkyl halides is 1. The number of nitrogens with zero attached hydrogens (tertiary/aromatic N) is 1. The molecule has 1 aromatic rings. The monoisotopic (exact) mass is 183 g/mol. The molecule has 0 saturated carbocycles. The molecule has 4 heteroatoms. The van der Waals surface area contributed by atoms with Crippen LogP contribution in [0, 0.1) is 0 Å². The Morgan fingerprint density at radius 2 is 2.31 bits per heavy atom. The molecule has 0 bridgehead atoms. The van der Waals surface area contributed by atoms with Gasteiger partial charge in [-0.25, -0.2) is 9.18 Å². The third-order valence-electron chi connectivity index (χ3n) is 1.71. The Morgan fingerprint density at radius 3 is 2.77 bits per heavy atom. The minimum atomic E-state index is -2.17. The molecular weight excluding hydrogens is 173 g/mol. The van der Waals surface area contributed by atoms with E-state index in [0.717, 1.165) is 14.0 Å². The van der Waals surface area contributed by atoms with E-state index in [1.807, 2.05) is 0 Å². The van der Waals surface area contributed by atoms with Crippen LogP contribution in [0.4, 0.5) is 4.39 Å². The number of carbonyl (C=O) groups is 1. The molecule has 3 nitrogen and oxygen atoms in total. The Balaban J connectivity index is 3.00. The van der Waals surface area contributed by atoms with Gasteiger partial charge < -0.3 is 4.74 Å². The van der Waals surface area contributed by atoms with Crippen molar-refractivity contribution in [3.05, 3.63) is 30.1 Å². The Morgan fingerprint density at radius 1 is 1.62 bits per heavy atom. The molecule has 0 aliphatic rings. The summed E-state index contributed by atoms with van der Waals surface area (Å²) in [6.07, 6.45) is 1.43. The normalized spacial score (nSPS) is 14.7. The summed E-state index contributed by atoms with van der Waals surface area (Å²) in [7, 11) is 1.14. The van der Waals surface area contributed by atoms with E-state index in [0.29, 0.717) is 0 Å². The number of ether oxygens (including phenoxy) is 1. The second kappa shape index (κ2) is 3.51. The van der Waals surface area contributed by atoms with Crippen LogP contribution in [0.2, 0.25) is 0 Å². The van der Waals surface area contributed by atoms with Gasteiger partial charge in [-0.2, -0.15) is 0 Å². The second-order valence-corrected chi connectivity index (χ2v) is 2.71. The molecule has 1 heterocycles. The number of carbonyl (C=O) groups excluding carboxylic acids is 1. The average molecular weight is 183 g/mol. The van der Waals surface area contributed by atoms with Crippen LogP contribution >= 0.6 is 0 Å². The number of rotatable bonds is 2. The standard InChI is InChI=1S/C9H10FNO2/c1-9(10,8(12)13-2)7-5-3-4-6-11-7/h3-6H,1-2H3. The van der Waals surface area contributed by atoms with Gasteiger partial charge in [-0.05, 0) is 19.1 Å². The Labute approximate surface area is 75.6 Å². The van der Waals surface area contributed by atoms with Crippen LogP contribution in [-0.4, -0.2) is 18.1 Å². The zero-order chi connectivity index (χ0) is 9.90. The molecule has 0 radical (unpaired) electrons. The van der Waals surface area contributed by atoms with Crippen molar-refractivity contribution >= 4 is 5.97 Å². The predicted molar refractivity (Wildman–Crippen MR) is 44.7 cm³/mol. The van der Waals surface area contributed by atoms with Gasteiger partial charge in [-0.15, -0.1) is 0 Å². The summed E-state index contributed by atoms with van der Waals surface area (Å²) < 4.78 is 18.0. The van der Waals surface area contributed by atoms with Gasteiger partial charge in [0.25, 0.3) is 0 Å². The predicted octanol–water partition coefficient (Wildman–Crippen LogP) is 1.44. The minimum absolute atomic E-state index is 0.0573. The van der Waals surface area contributed by atoms with Gasteiger partial charge in [0, 0.05) is 6.20 Å². The van der Waals surface area contributed by atoms with Crippen molar-refractivity contribution in [1.29, 1.82) is 0 Å². The van der Waals surface area contributed by atoms with Crippen molar-refractivity contribution in [2.24, 2.45) is 0 Å². The molecule has 1 aromatic heterocycles. The quantitative estimate of drug-likeness (QED) is 0.651. The molecule has 1 atom stereocenters. The van der Waals surface area contributed by atoms with E-state index in [4.69, 9.17) is 0 Å². The first-order valence-corrected chi connectivity index (χ1v) is 3.78. The SMILES string of the molecule is COC(=O)C(C)(F)c1ccccn1. The maximum absolute atomic E-state index is 13.7. The number of pyridine rings is 1. The molecule has 1 unspecified atom stereocenters. The highest BCUT2D eigenvalue weighted by molar-refractivity contribution is 5.79. The van der Waals surface area contributed by atoms with Gasteiger partial charge in [0.05, 0.1) is 12.8 Å². The van der Waals surface area contributed by atoms with Crippen LogP contribution < -0.4 is 0 Å². The molecule has 0 aliphatic carbocycles. The summed E-state index contributed by atoms with van der Waals surface area (Å²) in [5, 5.41) is 0.